The standard InChI is InChI=1S/C21H16F3N5O2/c1-13-25-17(14-5-3-2-4-6-14)11-18-27-28(20(31)29(13)18)12-19(30)26-16-9-7-15(8-10-16)21(22,23)24/h2-11H,12H2,1H3,(H,26,30). The summed E-state index contributed by atoms with van der Waals surface area (Å²) in [6, 6.07) is 15.0. The first kappa shape index (κ1) is 20.3. The van der Waals surface area contributed by atoms with Gasteiger partial charge in [-0.05, 0) is 31.2 Å². The van der Waals surface area contributed by atoms with Crippen LogP contribution in [0.3, 0.4) is 0 Å². The lowest BCUT2D eigenvalue weighted by Crippen LogP contribution is -2.28. The van der Waals surface area contributed by atoms with Crippen molar-refractivity contribution in [1.29, 1.82) is 0 Å². The Bertz CT molecular complexity index is 1310. The molecule has 0 unspecified atom stereocenters. The van der Waals surface area contributed by atoms with Gasteiger partial charge < -0.3 is 5.32 Å². The fourth-order valence-electron chi connectivity index (χ4n) is 3.14. The Kier molecular flexibility index (Phi) is 5.05. The van der Waals surface area contributed by atoms with Crippen molar-refractivity contribution in [2.24, 2.45) is 0 Å². The first-order valence-electron chi connectivity index (χ1n) is 9.22. The number of carbonyl (C=O) groups is 1. The molecule has 2 heterocycles. The normalized spacial score (nSPS) is 11.6. The highest BCUT2D eigenvalue weighted by molar-refractivity contribution is 5.90. The van der Waals surface area contributed by atoms with Crippen LogP contribution in [0.2, 0.25) is 0 Å². The number of hydrogen-bond acceptors (Lipinski definition) is 4. The van der Waals surface area contributed by atoms with Gasteiger partial charge in [-0.25, -0.2) is 18.9 Å². The first-order chi connectivity index (χ1) is 14.7. The zero-order chi connectivity index (χ0) is 22.2. The molecule has 158 valence electrons. The molecule has 0 spiro atoms. The van der Waals surface area contributed by atoms with E-state index in [4.69, 9.17) is 0 Å². The number of halogens is 3. The summed E-state index contributed by atoms with van der Waals surface area (Å²) in [5.41, 5.74) is 0.645. The number of benzene rings is 2. The monoisotopic (exact) mass is 427 g/mol. The highest BCUT2D eigenvalue weighted by atomic mass is 19.4. The summed E-state index contributed by atoms with van der Waals surface area (Å²) in [7, 11) is 0. The van der Waals surface area contributed by atoms with Crippen LogP contribution in [0.5, 0.6) is 0 Å². The van der Waals surface area contributed by atoms with Crippen LogP contribution in [0.25, 0.3) is 16.9 Å². The summed E-state index contributed by atoms with van der Waals surface area (Å²) in [6.07, 6.45) is -4.46. The average Bonchev–Trinajstić information content (AvgIpc) is 3.04. The van der Waals surface area contributed by atoms with Crippen LogP contribution in [-0.4, -0.2) is 25.1 Å². The quantitative estimate of drug-likeness (QED) is 0.540. The number of alkyl halides is 3. The molecule has 0 aliphatic rings. The SMILES string of the molecule is Cc1nc(-c2ccccc2)cc2nn(CC(=O)Nc3ccc(C(F)(F)F)cc3)c(=O)n12. The molecule has 1 amide bonds. The molecule has 0 aliphatic heterocycles. The van der Waals surface area contributed by atoms with Gasteiger partial charge in [0.15, 0.2) is 5.65 Å². The van der Waals surface area contributed by atoms with Crippen LogP contribution in [0.15, 0.2) is 65.5 Å². The van der Waals surface area contributed by atoms with Crippen LogP contribution in [0, 0.1) is 6.92 Å². The maximum absolute atomic E-state index is 12.7. The van der Waals surface area contributed by atoms with Crippen LogP contribution in [0.1, 0.15) is 11.4 Å². The van der Waals surface area contributed by atoms with Crippen molar-refractivity contribution in [1.82, 2.24) is 19.2 Å². The molecule has 0 fully saturated rings. The Labute approximate surface area is 173 Å². The Balaban J connectivity index is 1.57. The molecule has 2 aromatic carbocycles. The minimum atomic E-state index is -4.46. The number of rotatable bonds is 4. The molecule has 0 saturated carbocycles. The number of nitrogens with one attached hydrogen (secondary N) is 1. The second kappa shape index (κ2) is 7.71. The van der Waals surface area contributed by atoms with Gasteiger partial charge in [0.2, 0.25) is 5.91 Å². The zero-order valence-corrected chi connectivity index (χ0v) is 16.2. The highest BCUT2D eigenvalue weighted by Gasteiger charge is 2.30. The van der Waals surface area contributed by atoms with E-state index < -0.39 is 29.9 Å². The molecule has 7 nitrogen and oxygen atoms in total. The third kappa shape index (κ3) is 4.18. The molecule has 1 N–H and O–H groups in total. The number of hydrogen-bond donors (Lipinski definition) is 1. The lowest BCUT2D eigenvalue weighted by atomic mass is 10.1. The van der Waals surface area contributed by atoms with Crippen molar-refractivity contribution < 1.29 is 18.0 Å². The molecule has 0 saturated heterocycles. The third-order valence-corrected chi connectivity index (χ3v) is 4.59. The fraction of sp³-hybridized carbons (Fsp3) is 0.143. The summed E-state index contributed by atoms with van der Waals surface area (Å²) in [5.74, 6) is -0.185. The van der Waals surface area contributed by atoms with Gasteiger partial charge in [0.25, 0.3) is 0 Å². The summed E-state index contributed by atoms with van der Waals surface area (Å²) >= 11 is 0. The number of aryl methyl sites for hydroxylation is 1. The van der Waals surface area contributed by atoms with Crippen molar-refractivity contribution in [3.05, 3.63) is 82.5 Å². The van der Waals surface area contributed by atoms with E-state index in [0.29, 0.717) is 17.2 Å². The molecule has 0 bridgehead atoms. The van der Waals surface area contributed by atoms with Gasteiger partial charge >= 0.3 is 11.9 Å². The maximum Gasteiger partial charge on any atom is 0.416 e. The van der Waals surface area contributed by atoms with E-state index >= 15 is 0 Å². The summed E-state index contributed by atoms with van der Waals surface area (Å²) in [6.45, 7) is 1.26. The van der Waals surface area contributed by atoms with E-state index in [0.717, 1.165) is 34.5 Å². The van der Waals surface area contributed by atoms with Crippen molar-refractivity contribution in [2.75, 3.05) is 5.32 Å². The Morgan fingerprint density at radius 1 is 1.06 bits per heavy atom. The molecule has 0 radical (unpaired) electrons. The number of anilines is 1. The molecule has 4 aromatic rings. The van der Waals surface area contributed by atoms with Crippen LogP contribution in [0.4, 0.5) is 18.9 Å². The average molecular weight is 427 g/mol. The van der Waals surface area contributed by atoms with Gasteiger partial charge in [0.1, 0.15) is 12.4 Å². The molecule has 4 rings (SSSR count). The predicted molar refractivity (Wildman–Crippen MR) is 107 cm³/mol. The number of amides is 1. The van der Waals surface area contributed by atoms with E-state index in [2.05, 4.69) is 15.4 Å². The summed E-state index contributed by atoms with van der Waals surface area (Å²) in [4.78, 5) is 29.4. The molecule has 31 heavy (non-hydrogen) atoms. The molecule has 0 aliphatic carbocycles. The fourth-order valence-corrected chi connectivity index (χ4v) is 3.14. The zero-order valence-electron chi connectivity index (χ0n) is 16.2. The second-order valence-corrected chi connectivity index (χ2v) is 6.81. The van der Waals surface area contributed by atoms with Crippen molar-refractivity contribution in [3.8, 4) is 11.3 Å². The van der Waals surface area contributed by atoms with Crippen LogP contribution < -0.4 is 11.0 Å². The Morgan fingerprint density at radius 2 is 1.74 bits per heavy atom. The van der Waals surface area contributed by atoms with Gasteiger partial charge in [0.05, 0.1) is 11.3 Å². The smallest absolute Gasteiger partial charge is 0.324 e. The topological polar surface area (TPSA) is 81.3 Å². The number of nitrogens with zero attached hydrogens (tertiary/aromatic N) is 4. The highest BCUT2D eigenvalue weighted by Crippen LogP contribution is 2.29. The van der Waals surface area contributed by atoms with Crippen molar-refractivity contribution >= 4 is 17.2 Å². The molecule has 2 aromatic heterocycles. The van der Waals surface area contributed by atoms with Gasteiger partial charge in [-0.3, -0.25) is 4.79 Å². The minimum absolute atomic E-state index is 0.180. The summed E-state index contributed by atoms with van der Waals surface area (Å²) < 4.78 is 40.2. The van der Waals surface area contributed by atoms with E-state index in [9.17, 15) is 22.8 Å². The van der Waals surface area contributed by atoms with E-state index in [1.165, 1.54) is 4.40 Å². The van der Waals surface area contributed by atoms with E-state index in [1.807, 2.05) is 30.3 Å². The number of fused-ring (bicyclic) bond motifs is 1. The van der Waals surface area contributed by atoms with Gasteiger partial charge in [-0.2, -0.15) is 13.2 Å². The number of carbonyl (C=O) groups excluding carboxylic acids is 1. The maximum atomic E-state index is 12.7. The molecule has 10 heteroatoms. The second-order valence-electron chi connectivity index (χ2n) is 6.81. The third-order valence-electron chi connectivity index (χ3n) is 4.59. The lowest BCUT2D eigenvalue weighted by molar-refractivity contribution is -0.137. The Morgan fingerprint density at radius 3 is 2.39 bits per heavy atom. The summed E-state index contributed by atoms with van der Waals surface area (Å²) in [5, 5.41) is 6.67. The van der Waals surface area contributed by atoms with Crippen LogP contribution in [-0.2, 0) is 17.5 Å². The number of aromatic nitrogens is 4. The van der Waals surface area contributed by atoms with Gasteiger partial charge in [-0.15, -0.1) is 5.10 Å². The minimum Gasteiger partial charge on any atom is -0.324 e. The largest absolute Gasteiger partial charge is 0.416 e. The van der Waals surface area contributed by atoms with E-state index in [-0.39, 0.29) is 5.69 Å². The van der Waals surface area contributed by atoms with Gasteiger partial charge in [0, 0.05) is 17.3 Å². The van der Waals surface area contributed by atoms with Crippen molar-refractivity contribution in [3.63, 3.8) is 0 Å². The Hall–Kier alpha value is -3.95. The molecular formula is C21H16F3N5O2. The lowest BCUT2D eigenvalue weighted by Gasteiger charge is -2.08. The van der Waals surface area contributed by atoms with Crippen LogP contribution >= 0.6 is 0 Å². The van der Waals surface area contributed by atoms with E-state index in [1.54, 1.807) is 13.0 Å². The van der Waals surface area contributed by atoms with Gasteiger partial charge in [-0.1, -0.05) is 30.3 Å². The predicted octanol–water partition coefficient (Wildman–Crippen LogP) is 3.52. The first-order valence-corrected chi connectivity index (χ1v) is 9.22. The van der Waals surface area contributed by atoms with Crippen molar-refractivity contribution in [2.45, 2.75) is 19.6 Å². The molecular weight excluding hydrogens is 411 g/mol. The molecule has 0 atom stereocenters.